The maximum absolute atomic E-state index is 5.97. The lowest BCUT2D eigenvalue weighted by Gasteiger charge is -2.17. The summed E-state index contributed by atoms with van der Waals surface area (Å²) in [5, 5.41) is 2.15. The smallest absolute Gasteiger partial charge is 0.176 e. The van der Waals surface area contributed by atoms with Crippen molar-refractivity contribution in [2.45, 2.75) is 0 Å². The van der Waals surface area contributed by atoms with Crippen molar-refractivity contribution >= 4 is 26.7 Å². The van der Waals surface area contributed by atoms with Crippen molar-refractivity contribution in [2.24, 2.45) is 0 Å². The van der Waals surface area contributed by atoms with Crippen molar-refractivity contribution in [1.29, 1.82) is 0 Å². The monoisotopic (exact) mass is 440 g/mol. The normalized spacial score (nSPS) is 18.6. The van der Waals surface area contributed by atoms with Gasteiger partial charge in [0.1, 0.15) is 13.2 Å². The molecule has 0 bridgehead atoms. The van der Waals surface area contributed by atoms with Crippen LogP contribution < -0.4 is 9.47 Å². The Balaban J connectivity index is 1.70. The predicted molar refractivity (Wildman–Crippen MR) is 106 cm³/mol. The average Bonchev–Trinajstić information content (AvgIpc) is 2.69. The van der Waals surface area contributed by atoms with Crippen LogP contribution in [-0.4, -0.2) is 66.1 Å². The molecule has 2 aromatic carbocycles. The van der Waals surface area contributed by atoms with Gasteiger partial charge >= 0.3 is 0 Å². The van der Waals surface area contributed by atoms with E-state index in [1.807, 2.05) is 30.3 Å². The highest BCUT2D eigenvalue weighted by atomic mass is 79.9. The number of hydrogen-bond acceptors (Lipinski definition) is 6. The topological polar surface area (TPSA) is 55.4 Å². The summed E-state index contributed by atoms with van der Waals surface area (Å²) in [6.07, 6.45) is 0. The van der Waals surface area contributed by atoms with Crippen LogP contribution in [0.5, 0.6) is 11.5 Å². The number of benzene rings is 2. The van der Waals surface area contributed by atoms with Crippen molar-refractivity contribution in [3.63, 3.8) is 0 Å². The summed E-state index contributed by atoms with van der Waals surface area (Å²) < 4.78 is 34.8. The predicted octanol–water partition coefficient (Wildman–Crippen LogP) is 3.44. The minimum Gasteiger partial charge on any atom is -0.487 e. The van der Waals surface area contributed by atoms with E-state index < -0.39 is 0 Å². The van der Waals surface area contributed by atoms with Crippen molar-refractivity contribution in [2.75, 3.05) is 66.1 Å². The number of ether oxygens (including phenoxy) is 6. The molecule has 1 heterocycles. The molecular weight excluding hydrogens is 416 g/mol. The van der Waals surface area contributed by atoms with E-state index in [0.717, 1.165) is 15.2 Å². The number of halogens is 1. The minimum atomic E-state index is 0.424. The summed E-state index contributed by atoms with van der Waals surface area (Å²) in [5.41, 5.74) is 0. The fourth-order valence-corrected chi connectivity index (χ4v) is 3.35. The Labute approximate surface area is 167 Å². The van der Waals surface area contributed by atoms with E-state index >= 15 is 0 Å². The lowest BCUT2D eigenvalue weighted by molar-refractivity contribution is -0.00843. The van der Waals surface area contributed by atoms with Gasteiger partial charge in [0.25, 0.3) is 0 Å². The first-order valence-electron chi connectivity index (χ1n) is 9.14. The van der Waals surface area contributed by atoms with E-state index in [2.05, 4.69) is 15.9 Å². The van der Waals surface area contributed by atoms with Crippen LogP contribution in [0, 0.1) is 0 Å². The van der Waals surface area contributed by atoms with Crippen LogP contribution in [0.4, 0.5) is 0 Å². The summed E-state index contributed by atoms with van der Waals surface area (Å²) in [6, 6.07) is 10.1. The molecule has 0 aromatic heterocycles. The molecule has 0 aliphatic carbocycles. The van der Waals surface area contributed by atoms with Crippen molar-refractivity contribution in [1.82, 2.24) is 0 Å². The molecule has 0 saturated carbocycles. The molecule has 6 nitrogen and oxygen atoms in total. The van der Waals surface area contributed by atoms with E-state index in [9.17, 15) is 0 Å². The molecule has 0 atom stereocenters. The van der Waals surface area contributed by atoms with Crippen LogP contribution in [0.2, 0.25) is 0 Å². The summed E-state index contributed by atoms with van der Waals surface area (Å²) in [4.78, 5) is 0. The molecule has 0 saturated heterocycles. The fourth-order valence-electron chi connectivity index (χ4n) is 2.68. The third-order valence-corrected chi connectivity index (χ3v) is 4.77. The average molecular weight is 441 g/mol. The molecule has 0 unspecified atom stereocenters. The van der Waals surface area contributed by atoms with Gasteiger partial charge in [-0.05, 0) is 32.8 Å². The van der Waals surface area contributed by atoms with Crippen LogP contribution in [0.3, 0.4) is 0 Å². The molecule has 27 heavy (non-hydrogen) atoms. The molecular formula is C20H25BrO6. The zero-order chi connectivity index (χ0) is 18.7. The van der Waals surface area contributed by atoms with E-state index in [1.54, 1.807) is 0 Å². The summed E-state index contributed by atoms with van der Waals surface area (Å²) in [6.45, 7) is 5.03. The van der Waals surface area contributed by atoms with Gasteiger partial charge in [-0.1, -0.05) is 24.3 Å². The van der Waals surface area contributed by atoms with E-state index in [4.69, 9.17) is 28.4 Å². The Morgan fingerprint density at radius 3 is 1.78 bits per heavy atom. The third kappa shape index (κ3) is 6.33. The molecule has 148 valence electrons. The fraction of sp³-hybridized carbons (Fsp3) is 0.500. The minimum absolute atomic E-state index is 0.424. The van der Waals surface area contributed by atoms with E-state index in [-0.39, 0.29) is 0 Å². The van der Waals surface area contributed by atoms with Gasteiger partial charge in [-0.2, -0.15) is 0 Å². The van der Waals surface area contributed by atoms with Crippen LogP contribution in [0.15, 0.2) is 34.8 Å². The van der Waals surface area contributed by atoms with Gasteiger partial charge in [0, 0.05) is 0 Å². The molecule has 1 aliphatic rings. The van der Waals surface area contributed by atoms with Gasteiger partial charge in [0.2, 0.25) is 0 Å². The lowest BCUT2D eigenvalue weighted by atomic mass is 10.1. The van der Waals surface area contributed by atoms with Crippen molar-refractivity contribution in [3.05, 3.63) is 34.8 Å². The second-order valence-corrected chi connectivity index (χ2v) is 6.68. The second-order valence-electron chi connectivity index (χ2n) is 5.89. The van der Waals surface area contributed by atoms with Gasteiger partial charge in [-0.25, -0.2) is 0 Å². The van der Waals surface area contributed by atoms with Crippen LogP contribution in [0.1, 0.15) is 0 Å². The Morgan fingerprint density at radius 1 is 0.630 bits per heavy atom. The van der Waals surface area contributed by atoms with Gasteiger partial charge in [0.15, 0.2) is 11.5 Å². The van der Waals surface area contributed by atoms with Crippen molar-refractivity contribution < 1.29 is 28.4 Å². The van der Waals surface area contributed by atoms with Crippen LogP contribution >= 0.6 is 15.9 Å². The standard InChI is InChI=1S/C20H25BrO6/c21-19-17-4-2-1-3-16(17)15-18-20(19)27-14-12-25-10-8-23-6-5-22-7-9-24-11-13-26-18/h1-4,15H,5-14H2. The zero-order valence-corrected chi connectivity index (χ0v) is 16.9. The Hall–Kier alpha value is -1.38. The van der Waals surface area contributed by atoms with Gasteiger partial charge in [-0.15, -0.1) is 0 Å². The van der Waals surface area contributed by atoms with Gasteiger partial charge in [0.05, 0.1) is 57.3 Å². The Kier molecular flexibility index (Phi) is 8.64. The highest BCUT2D eigenvalue weighted by Crippen LogP contribution is 2.41. The highest BCUT2D eigenvalue weighted by Gasteiger charge is 2.14. The SMILES string of the molecule is Brc1c2c(cc3ccccc13)OCCOCCOCCOCCOCCO2. The molecule has 2 aromatic rings. The molecule has 0 N–H and O–H groups in total. The van der Waals surface area contributed by atoms with E-state index in [0.29, 0.717) is 77.6 Å². The molecule has 7 heteroatoms. The van der Waals surface area contributed by atoms with Crippen LogP contribution in [0.25, 0.3) is 10.8 Å². The number of fused-ring (bicyclic) bond motifs is 2. The number of rotatable bonds is 0. The quantitative estimate of drug-likeness (QED) is 0.625. The summed E-state index contributed by atoms with van der Waals surface area (Å²) >= 11 is 3.66. The molecule has 0 amide bonds. The largest absolute Gasteiger partial charge is 0.487 e. The maximum Gasteiger partial charge on any atom is 0.176 e. The first-order chi connectivity index (χ1) is 13.4. The summed E-state index contributed by atoms with van der Waals surface area (Å²) in [5.74, 6) is 1.36. The molecule has 0 fully saturated rings. The zero-order valence-electron chi connectivity index (χ0n) is 15.3. The lowest BCUT2D eigenvalue weighted by Crippen LogP contribution is -2.16. The molecule has 3 rings (SSSR count). The third-order valence-electron chi connectivity index (χ3n) is 3.98. The highest BCUT2D eigenvalue weighted by molar-refractivity contribution is 9.10. The first kappa shape index (κ1) is 20.4. The van der Waals surface area contributed by atoms with Crippen molar-refractivity contribution in [3.8, 4) is 11.5 Å². The van der Waals surface area contributed by atoms with Gasteiger partial charge < -0.3 is 28.4 Å². The molecule has 1 aliphatic heterocycles. The molecule has 0 radical (unpaired) electrons. The molecule has 0 spiro atoms. The first-order valence-corrected chi connectivity index (χ1v) is 9.93. The Bertz CT molecular complexity index is 708. The summed E-state index contributed by atoms with van der Waals surface area (Å²) in [7, 11) is 0. The maximum atomic E-state index is 5.97. The number of hydrogen-bond donors (Lipinski definition) is 0. The van der Waals surface area contributed by atoms with E-state index in [1.165, 1.54) is 0 Å². The van der Waals surface area contributed by atoms with Gasteiger partial charge in [-0.3, -0.25) is 0 Å². The second kappa shape index (κ2) is 11.5. The van der Waals surface area contributed by atoms with Crippen LogP contribution in [-0.2, 0) is 18.9 Å². The Morgan fingerprint density at radius 2 is 1.15 bits per heavy atom.